The van der Waals surface area contributed by atoms with E-state index in [2.05, 4.69) is 10.3 Å². The first-order valence-electron chi connectivity index (χ1n) is 5.43. The molecule has 0 saturated heterocycles. The van der Waals surface area contributed by atoms with Gasteiger partial charge in [-0.15, -0.1) is 0 Å². The number of fused-ring (bicyclic) bond motifs is 1. The molecule has 0 bridgehead atoms. The quantitative estimate of drug-likeness (QED) is 0.727. The van der Waals surface area contributed by atoms with E-state index in [9.17, 15) is 8.78 Å². The number of aromatic nitrogens is 1. The van der Waals surface area contributed by atoms with Crippen molar-refractivity contribution >= 4 is 22.3 Å². The lowest BCUT2D eigenvalue weighted by Gasteiger charge is -2.13. The molecule has 1 unspecified atom stereocenters. The van der Waals surface area contributed by atoms with Crippen LogP contribution in [0.5, 0.6) is 0 Å². The molecule has 0 radical (unpaired) electrons. The maximum atomic E-state index is 12.2. The minimum Gasteiger partial charge on any atom is -0.398 e. The summed E-state index contributed by atoms with van der Waals surface area (Å²) in [6.45, 7) is -0.243. The number of nitrogens with one attached hydrogen (secondary N) is 1. The second-order valence-electron chi connectivity index (χ2n) is 3.88. The molecule has 0 aliphatic carbocycles. The first kappa shape index (κ1) is 12.5. The van der Waals surface area contributed by atoms with Crippen molar-refractivity contribution in [3.63, 3.8) is 0 Å². The highest BCUT2D eigenvalue weighted by molar-refractivity contribution is 5.98. The number of halogens is 2. The predicted octanol–water partition coefficient (Wildman–Crippen LogP) is 1.85. The number of benzene rings is 1. The summed E-state index contributed by atoms with van der Waals surface area (Å²) >= 11 is 0. The Morgan fingerprint density at radius 3 is 2.83 bits per heavy atom. The van der Waals surface area contributed by atoms with Crippen molar-refractivity contribution in [2.45, 2.75) is 12.5 Å². The smallest absolute Gasteiger partial charge is 0.265 e. The molecule has 1 aromatic heterocycles. The van der Waals surface area contributed by atoms with E-state index < -0.39 is 12.5 Å². The summed E-state index contributed by atoms with van der Waals surface area (Å²) in [5.74, 6) is 0. The Labute approximate surface area is 102 Å². The molecule has 1 heterocycles. The third-order valence-corrected chi connectivity index (χ3v) is 2.60. The van der Waals surface area contributed by atoms with E-state index in [1.807, 2.05) is 0 Å². The van der Waals surface area contributed by atoms with Crippen LogP contribution in [-0.4, -0.2) is 29.2 Å². The van der Waals surface area contributed by atoms with Gasteiger partial charge in [0.25, 0.3) is 6.43 Å². The molecule has 0 saturated carbocycles. The molecule has 4 nitrogen and oxygen atoms in total. The molecule has 0 fully saturated rings. The van der Waals surface area contributed by atoms with E-state index in [1.165, 1.54) is 0 Å². The van der Waals surface area contributed by atoms with Crippen LogP contribution in [0.25, 0.3) is 10.9 Å². The fourth-order valence-electron chi connectivity index (χ4n) is 1.64. The number of aliphatic hydroxyl groups excluding tert-OH is 1. The molecule has 2 rings (SSSR count). The number of hydrogen-bond acceptors (Lipinski definition) is 4. The monoisotopic (exact) mass is 253 g/mol. The van der Waals surface area contributed by atoms with Crippen molar-refractivity contribution < 1.29 is 13.9 Å². The topological polar surface area (TPSA) is 71.2 Å². The van der Waals surface area contributed by atoms with Crippen LogP contribution >= 0.6 is 0 Å². The summed E-state index contributed by atoms with van der Waals surface area (Å²) in [4.78, 5) is 4.15. The Hall–Kier alpha value is -1.95. The van der Waals surface area contributed by atoms with Crippen LogP contribution in [0.4, 0.5) is 20.2 Å². The SMILES string of the molecule is Nc1ccc(NCC(O)C(F)F)c2ncccc12. The minimum absolute atomic E-state index is 0.243. The Balaban J connectivity index is 2.26. The Kier molecular flexibility index (Phi) is 3.57. The molecule has 1 atom stereocenters. The molecule has 0 spiro atoms. The van der Waals surface area contributed by atoms with Gasteiger partial charge in [0.1, 0.15) is 6.10 Å². The standard InChI is InChI=1S/C12H13F2N3O/c13-12(14)10(18)6-17-9-4-3-8(15)7-2-1-5-16-11(7)9/h1-5,10,12,17-18H,6,15H2. The van der Waals surface area contributed by atoms with Crippen molar-refractivity contribution in [3.8, 4) is 0 Å². The lowest BCUT2D eigenvalue weighted by molar-refractivity contribution is 0.00386. The van der Waals surface area contributed by atoms with E-state index in [0.717, 1.165) is 5.39 Å². The molecule has 18 heavy (non-hydrogen) atoms. The van der Waals surface area contributed by atoms with Gasteiger partial charge in [-0.05, 0) is 24.3 Å². The number of hydrogen-bond donors (Lipinski definition) is 3. The molecule has 0 amide bonds. The zero-order valence-corrected chi connectivity index (χ0v) is 9.48. The largest absolute Gasteiger partial charge is 0.398 e. The van der Waals surface area contributed by atoms with Crippen molar-refractivity contribution in [1.82, 2.24) is 4.98 Å². The predicted molar refractivity (Wildman–Crippen MR) is 66.7 cm³/mol. The summed E-state index contributed by atoms with van der Waals surface area (Å²) in [5, 5.41) is 12.5. The molecule has 0 aliphatic rings. The van der Waals surface area contributed by atoms with Gasteiger partial charge in [0.2, 0.25) is 0 Å². The normalized spacial score (nSPS) is 12.9. The third kappa shape index (κ3) is 2.48. The number of aliphatic hydroxyl groups is 1. The second kappa shape index (κ2) is 5.14. The Morgan fingerprint density at radius 1 is 1.33 bits per heavy atom. The maximum absolute atomic E-state index is 12.2. The molecule has 4 N–H and O–H groups in total. The number of nitrogens with two attached hydrogens (primary N) is 1. The molecule has 2 aromatic rings. The van der Waals surface area contributed by atoms with Crippen LogP contribution in [0, 0.1) is 0 Å². The van der Waals surface area contributed by atoms with Crippen LogP contribution < -0.4 is 11.1 Å². The van der Waals surface area contributed by atoms with Gasteiger partial charge in [-0.1, -0.05) is 0 Å². The van der Waals surface area contributed by atoms with E-state index in [0.29, 0.717) is 16.9 Å². The lowest BCUT2D eigenvalue weighted by Crippen LogP contribution is -2.26. The molecular weight excluding hydrogens is 240 g/mol. The first-order chi connectivity index (χ1) is 8.59. The zero-order chi connectivity index (χ0) is 13.1. The number of anilines is 2. The van der Waals surface area contributed by atoms with Crippen molar-refractivity contribution in [1.29, 1.82) is 0 Å². The molecule has 0 aliphatic heterocycles. The van der Waals surface area contributed by atoms with Gasteiger partial charge in [0.15, 0.2) is 0 Å². The first-order valence-corrected chi connectivity index (χ1v) is 5.43. The maximum Gasteiger partial charge on any atom is 0.265 e. The molecular formula is C12H13F2N3O. The van der Waals surface area contributed by atoms with Gasteiger partial charge in [0, 0.05) is 23.8 Å². The van der Waals surface area contributed by atoms with Crippen LogP contribution in [-0.2, 0) is 0 Å². The zero-order valence-electron chi connectivity index (χ0n) is 9.48. The van der Waals surface area contributed by atoms with E-state index in [4.69, 9.17) is 10.8 Å². The molecule has 96 valence electrons. The Bertz CT molecular complexity index is 548. The highest BCUT2D eigenvalue weighted by Gasteiger charge is 2.16. The van der Waals surface area contributed by atoms with Crippen molar-refractivity contribution in [2.24, 2.45) is 0 Å². The highest BCUT2D eigenvalue weighted by atomic mass is 19.3. The van der Waals surface area contributed by atoms with E-state index in [-0.39, 0.29) is 6.54 Å². The van der Waals surface area contributed by atoms with E-state index >= 15 is 0 Å². The van der Waals surface area contributed by atoms with Crippen LogP contribution in [0.1, 0.15) is 0 Å². The molecule has 6 heteroatoms. The van der Waals surface area contributed by atoms with Crippen molar-refractivity contribution in [2.75, 3.05) is 17.6 Å². The highest BCUT2D eigenvalue weighted by Crippen LogP contribution is 2.26. The van der Waals surface area contributed by atoms with Crippen LogP contribution in [0.2, 0.25) is 0 Å². The number of pyridine rings is 1. The number of alkyl halides is 2. The van der Waals surface area contributed by atoms with Crippen LogP contribution in [0.15, 0.2) is 30.5 Å². The van der Waals surface area contributed by atoms with Gasteiger partial charge >= 0.3 is 0 Å². The number of nitrogens with zero attached hydrogens (tertiary/aromatic N) is 1. The summed E-state index contributed by atoms with van der Waals surface area (Å²) in [7, 11) is 0. The number of nitrogen functional groups attached to an aromatic ring is 1. The van der Waals surface area contributed by atoms with Gasteiger partial charge < -0.3 is 16.2 Å². The van der Waals surface area contributed by atoms with Gasteiger partial charge in [-0.25, -0.2) is 8.78 Å². The average molecular weight is 253 g/mol. The van der Waals surface area contributed by atoms with Gasteiger partial charge in [-0.2, -0.15) is 0 Å². The summed E-state index contributed by atoms with van der Waals surface area (Å²) in [6, 6.07) is 6.87. The third-order valence-electron chi connectivity index (χ3n) is 2.60. The van der Waals surface area contributed by atoms with E-state index in [1.54, 1.807) is 30.5 Å². The van der Waals surface area contributed by atoms with Crippen molar-refractivity contribution in [3.05, 3.63) is 30.5 Å². The summed E-state index contributed by atoms with van der Waals surface area (Å²) in [6.07, 6.45) is -2.89. The van der Waals surface area contributed by atoms with Gasteiger partial charge in [0.05, 0.1) is 11.2 Å². The molecule has 1 aromatic carbocycles. The van der Waals surface area contributed by atoms with Gasteiger partial charge in [-0.3, -0.25) is 4.98 Å². The Morgan fingerprint density at radius 2 is 2.11 bits per heavy atom. The summed E-state index contributed by atoms with van der Waals surface area (Å²) in [5.41, 5.74) is 7.53. The second-order valence-corrected chi connectivity index (χ2v) is 3.88. The fourth-order valence-corrected chi connectivity index (χ4v) is 1.64. The van der Waals surface area contributed by atoms with Crippen LogP contribution in [0.3, 0.4) is 0 Å². The minimum atomic E-state index is -2.77. The summed E-state index contributed by atoms with van der Waals surface area (Å²) < 4.78 is 24.4. The average Bonchev–Trinajstić information content (AvgIpc) is 2.38. The lowest BCUT2D eigenvalue weighted by atomic mass is 10.1. The number of rotatable bonds is 4. The fraction of sp³-hybridized carbons (Fsp3) is 0.250.